The summed E-state index contributed by atoms with van der Waals surface area (Å²) in [7, 11) is 0. The molecule has 0 N–H and O–H groups in total. The summed E-state index contributed by atoms with van der Waals surface area (Å²) in [5, 5.41) is 8.10. The minimum atomic E-state index is 0.684. The van der Waals surface area contributed by atoms with Crippen LogP contribution in [0.2, 0.25) is 0 Å². The smallest absolute Gasteiger partial charge is 0.235 e. The van der Waals surface area contributed by atoms with Crippen LogP contribution in [0, 0.1) is 0 Å². The molecular weight excluding hydrogens is 579 g/mol. The van der Waals surface area contributed by atoms with E-state index in [2.05, 4.69) is 114 Å². The minimum absolute atomic E-state index is 0.684. The van der Waals surface area contributed by atoms with Gasteiger partial charge in [0.25, 0.3) is 0 Å². The van der Waals surface area contributed by atoms with Gasteiger partial charge in [0.2, 0.25) is 5.95 Å². The third-order valence-corrected chi connectivity index (χ3v) is 11.3. The Balaban J connectivity index is 1.41. The van der Waals surface area contributed by atoms with Crippen LogP contribution in [0.3, 0.4) is 0 Å². The maximum Gasteiger partial charge on any atom is 0.235 e. The second kappa shape index (κ2) is 8.26. The van der Waals surface area contributed by atoms with Crippen molar-refractivity contribution in [3.8, 4) is 17.2 Å². The highest BCUT2D eigenvalue weighted by molar-refractivity contribution is 7.99. The largest absolute Gasteiger partial charge is 0.455 e. The monoisotopic (exact) mass is 597 g/mol. The van der Waals surface area contributed by atoms with Gasteiger partial charge in [0.1, 0.15) is 11.2 Å². The standard InChI is InChI=1S/C38H19N3OS2/c1-5-15-25-20(10-1)30-31-21-11-2-6-16-26(21)42-36(31)32-22-12-3-7-17-27(22)44-37(32)35(30)41(25)38-39-24-14-9-19-29-33(24)34(40-38)23-13-4-8-18-28(23)43-29/h1-19H. The van der Waals surface area contributed by atoms with Gasteiger partial charge in [-0.25, -0.2) is 9.97 Å². The molecule has 0 bridgehead atoms. The molecule has 0 unspecified atom stereocenters. The lowest BCUT2D eigenvalue weighted by molar-refractivity contribution is 0.673. The molecule has 0 radical (unpaired) electrons. The fourth-order valence-corrected chi connectivity index (χ4v) is 9.56. The summed E-state index contributed by atoms with van der Waals surface area (Å²) in [6, 6.07) is 40.7. The molecule has 204 valence electrons. The molecule has 10 aromatic rings. The zero-order chi connectivity index (χ0) is 28.5. The predicted octanol–water partition coefficient (Wildman–Crippen LogP) is 11.1. The number of nitrogens with zero attached hydrogens (tertiary/aromatic N) is 3. The number of para-hydroxylation sites is 2. The summed E-state index contributed by atoms with van der Waals surface area (Å²) in [6.45, 7) is 0. The first-order valence-corrected chi connectivity index (χ1v) is 16.2. The quantitative estimate of drug-likeness (QED) is 0.189. The van der Waals surface area contributed by atoms with E-state index in [9.17, 15) is 0 Å². The number of hydrogen-bond acceptors (Lipinski definition) is 5. The highest BCUT2D eigenvalue weighted by atomic mass is 32.2. The van der Waals surface area contributed by atoms with E-state index < -0.39 is 0 Å². The first kappa shape index (κ1) is 23.3. The zero-order valence-corrected chi connectivity index (χ0v) is 24.7. The number of fused-ring (bicyclic) bond motifs is 14. The molecule has 44 heavy (non-hydrogen) atoms. The number of furan rings is 1. The molecule has 1 aliphatic rings. The van der Waals surface area contributed by atoms with Crippen molar-refractivity contribution in [2.24, 2.45) is 0 Å². The predicted molar refractivity (Wildman–Crippen MR) is 184 cm³/mol. The molecule has 0 aliphatic carbocycles. The molecule has 4 nitrogen and oxygen atoms in total. The molecule has 0 saturated heterocycles. The normalized spacial score (nSPS) is 12.9. The van der Waals surface area contributed by atoms with Crippen molar-refractivity contribution in [1.82, 2.24) is 14.5 Å². The van der Waals surface area contributed by atoms with Gasteiger partial charge >= 0.3 is 0 Å². The Morgan fingerprint density at radius 3 is 2.32 bits per heavy atom. The Kier molecular flexibility index (Phi) is 4.37. The summed E-state index contributed by atoms with van der Waals surface area (Å²) in [4.78, 5) is 13.1. The number of thiophene rings is 1. The molecule has 4 aromatic heterocycles. The van der Waals surface area contributed by atoms with Crippen molar-refractivity contribution in [2.75, 3.05) is 0 Å². The van der Waals surface area contributed by atoms with E-state index in [4.69, 9.17) is 14.4 Å². The number of rotatable bonds is 1. The lowest BCUT2D eigenvalue weighted by Gasteiger charge is -2.20. The van der Waals surface area contributed by atoms with E-state index in [1.165, 1.54) is 35.3 Å². The second-order valence-electron chi connectivity index (χ2n) is 11.3. The molecule has 0 amide bonds. The first-order chi connectivity index (χ1) is 21.8. The number of hydrogen-bond donors (Lipinski definition) is 0. The van der Waals surface area contributed by atoms with E-state index in [1.807, 2.05) is 17.4 Å². The SMILES string of the molecule is c1ccc2c(c1)Sc1cccc3nc(-n4c5ccccc5c5c6c7ccccc7oc6c6c7ccccc7sc6c54)nc-2c13. The van der Waals surface area contributed by atoms with Crippen LogP contribution in [-0.2, 0) is 0 Å². The summed E-state index contributed by atoms with van der Waals surface area (Å²) in [5.74, 6) is 0.684. The Hall–Kier alpha value is -5.17. The lowest BCUT2D eigenvalue weighted by Crippen LogP contribution is -2.05. The number of benzene rings is 6. The topological polar surface area (TPSA) is 43.9 Å². The minimum Gasteiger partial charge on any atom is -0.455 e. The molecule has 6 heteroatoms. The fourth-order valence-electron chi connectivity index (χ4n) is 7.21. The Labute approximate surface area is 258 Å². The van der Waals surface area contributed by atoms with Crippen molar-refractivity contribution in [2.45, 2.75) is 9.79 Å². The Morgan fingerprint density at radius 2 is 1.36 bits per heavy atom. The molecule has 0 atom stereocenters. The van der Waals surface area contributed by atoms with Crippen LogP contribution in [0.15, 0.2) is 129 Å². The van der Waals surface area contributed by atoms with Crippen LogP contribution in [-0.4, -0.2) is 14.5 Å². The highest BCUT2D eigenvalue weighted by Crippen LogP contribution is 2.51. The Bertz CT molecular complexity index is 2880. The average molecular weight is 598 g/mol. The maximum absolute atomic E-state index is 6.72. The van der Waals surface area contributed by atoms with Crippen molar-refractivity contribution in [3.63, 3.8) is 0 Å². The number of aromatic nitrogens is 3. The third kappa shape index (κ3) is 2.85. The van der Waals surface area contributed by atoms with Crippen LogP contribution in [0.4, 0.5) is 0 Å². The van der Waals surface area contributed by atoms with Gasteiger partial charge in [-0.05, 0) is 36.4 Å². The Morgan fingerprint density at radius 1 is 0.591 bits per heavy atom. The van der Waals surface area contributed by atoms with Crippen LogP contribution in [0.5, 0.6) is 0 Å². The molecule has 11 rings (SSSR count). The molecule has 0 saturated carbocycles. The summed E-state index contributed by atoms with van der Waals surface area (Å²) < 4.78 is 11.4. The van der Waals surface area contributed by atoms with Crippen molar-refractivity contribution in [3.05, 3.63) is 115 Å². The second-order valence-corrected chi connectivity index (χ2v) is 13.4. The molecule has 1 aliphatic heterocycles. The summed E-state index contributed by atoms with van der Waals surface area (Å²) >= 11 is 3.61. The van der Waals surface area contributed by atoms with Gasteiger partial charge in [-0.1, -0.05) is 90.6 Å². The molecular formula is C38H19N3OS2. The van der Waals surface area contributed by atoms with E-state index >= 15 is 0 Å². The third-order valence-electron chi connectivity index (χ3n) is 8.99. The van der Waals surface area contributed by atoms with E-state index in [1.54, 1.807) is 11.8 Å². The highest BCUT2D eigenvalue weighted by Gasteiger charge is 2.28. The van der Waals surface area contributed by atoms with Crippen LogP contribution in [0.25, 0.3) is 92.0 Å². The van der Waals surface area contributed by atoms with Gasteiger partial charge < -0.3 is 4.42 Å². The summed E-state index contributed by atoms with van der Waals surface area (Å²) in [6.07, 6.45) is 0. The van der Waals surface area contributed by atoms with Crippen molar-refractivity contribution in [1.29, 1.82) is 0 Å². The summed E-state index contributed by atoms with van der Waals surface area (Å²) in [5.41, 5.74) is 7.15. The molecule has 0 spiro atoms. The van der Waals surface area contributed by atoms with E-state index in [-0.39, 0.29) is 0 Å². The van der Waals surface area contributed by atoms with Gasteiger partial charge in [0.15, 0.2) is 0 Å². The molecule has 5 heterocycles. The van der Waals surface area contributed by atoms with Gasteiger partial charge in [0.05, 0.1) is 26.9 Å². The average Bonchev–Trinajstić information content (AvgIpc) is 3.74. The van der Waals surface area contributed by atoms with Gasteiger partial charge in [-0.2, -0.15) is 0 Å². The van der Waals surface area contributed by atoms with E-state index in [0.29, 0.717) is 5.95 Å². The van der Waals surface area contributed by atoms with Crippen molar-refractivity contribution >= 4 is 97.9 Å². The lowest BCUT2D eigenvalue weighted by atomic mass is 10.0. The first-order valence-electron chi connectivity index (χ1n) is 14.6. The fraction of sp³-hybridized carbons (Fsp3) is 0. The van der Waals surface area contributed by atoms with Gasteiger partial charge in [-0.15, -0.1) is 11.3 Å². The van der Waals surface area contributed by atoms with Gasteiger partial charge in [-0.3, -0.25) is 4.57 Å². The molecule has 6 aromatic carbocycles. The van der Waals surface area contributed by atoms with Crippen LogP contribution in [0.1, 0.15) is 0 Å². The van der Waals surface area contributed by atoms with Crippen molar-refractivity contribution < 1.29 is 4.42 Å². The zero-order valence-electron chi connectivity index (χ0n) is 23.0. The maximum atomic E-state index is 6.72. The molecule has 0 fully saturated rings. The van der Waals surface area contributed by atoms with Crippen LogP contribution < -0.4 is 0 Å². The van der Waals surface area contributed by atoms with E-state index in [0.717, 1.165) is 60.5 Å². The van der Waals surface area contributed by atoms with Gasteiger partial charge in [0, 0.05) is 57.8 Å². The van der Waals surface area contributed by atoms with Crippen LogP contribution >= 0.6 is 23.1 Å².